The van der Waals surface area contributed by atoms with E-state index >= 15 is 0 Å². The second-order valence-electron chi connectivity index (χ2n) is 7.22. The van der Waals surface area contributed by atoms with Crippen molar-refractivity contribution in [1.29, 1.82) is 0 Å². The zero-order valence-electron chi connectivity index (χ0n) is 16.4. The number of nitrogens with two attached hydrogens (primary N) is 1. The number of benzene rings is 2. The Hall–Kier alpha value is -2.55. The summed E-state index contributed by atoms with van der Waals surface area (Å²) in [5, 5.41) is 3.18. The molecule has 1 saturated heterocycles. The second-order valence-corrected chi connectivity index (χ2v) is 7.66. The molecule has 0 unspecified atom stereocenters. The number of amides is 2. The molecular weight excluding hydrogens is 414 g/mol. The zero-order valence-corrected chi connectivity index (χ0v) is 17.2. The van der Waals surface area contributed by atoms with Crippen LogP contribution in [0.25, 0.3) is 0 Å². The van der Waals surface area contributed by atoms with E-state index in [4.69, 9.17) is 17.3 Å². The third-order valence-electron chi connectivity index (χ3n) is 5.28. The fraction of sp³-hybridized carbons (Fsp3) is 0.333. The van der Waals surface area contributed by atoms with E-state index in [0.717, 1.165) is 17.7 Å². The lowest BCUT2D eigenvalue weighted by Crippen LogP contribution is -2.54. The lowest BCUT2D eigenvalue weighted by molar-refractivity contribution is -0.126. The summed E-state index contributed by atoms with van der Waals surface area (Å²) in [7, 11) is 0. The average Bonchev–Trinajstić information content (AvgIpc) is 2.72. The van der Waals surface area contributed by atoms with E-state index in [2.05, 4.69) is 5.32 Å². The molecule has 1 fully saturated rings. The first-order chi connectivity index (χ1) is 14.3. The minimum absolute atomic E-state index is 0.195. The summed E-state index contributed by atoms with van der Waals surface area (Å²) in [5.41, 5.74) is 6.60. The van der Waals surface area contributed by atoms with Crippen molar-refractivity contribution in [2.75, 3.05) is 31.5 Å². The molecule has 30 heavy (non-hydrogen) atoms. The Morgan fingerprint density at radius 3 is 2.17 bits per heavy atom. The standard InChI is InChI=1S/C21H23ClF2N4O2/c1-13(21(30)26-16-6-7-17(23)18(24)12-16)27-8-10-28(11-9-27)19(20(25)29)14-2-4-15(22)5-3-14/h2-7,12-13,19H,8-11H2,1H3,(H2,25,29)(H,26,30)/t13-,19+/m0/s1. The number of primary amides is 1. The Bertz CT molecular complexity index is 918. The van der Waals surface area contributed by atoms with Gasteiger partial charge in [0.2, 0.25) is 11.8 Å². The molecule has 1 aliphatic rings. The van der Waals surface area contributed by atoms with Crippen molar-refractivity contribution in [1.82, 2.24) is 9.80 Å². The summed E-state index contributed by atoms with van der Waals surface area (Å²) in [6.07, 6.45) is 0. The van der Waals surface area contributed by atoms with Gasteiger partial charge < -0.3 is 11.1 Å². The van der Waals surface area contributed by atoms with Crippen LogP contribution in [0.2, 0.25) is 5.02 Å². The van der Waals surface area contributed by atoms with Crippen LogP contribution in [0.4, 0.5) is 14.5 Å². The van der Waals surface area contributed by atoms with Gasteiger partial charge >= 0.3 is 0 Å². The maximum absolute atomic E-state index is 13.3. The molecule has 6 nitrogen and oxygen atoms in total. The van der Waals surface area contributed by atoms with Gasteiger partial charge in [0, 0.05) is 43.0 Å². The van der Waals surface area contributed by atoms with Gasteiger partial charge in [-0.3, -0.25) is 19.4 Å². The molecule has 0 saturated carbocycles. The molecular formula is C21H23ClF2N4O2. The van der Waals surface area contributed by atoms with Crippen LogP contribution < -0.4 is 11.1 Å². The molecule has 3 rings (SSSR count). The number of nitrogens with one attached hydrogen (secondary N) is 1. The van der Waals surface area contributed by atoms with Crippen LogP contribution in [0.5, 0.6) is 0 Å². The van der Waals surface area contributed by atoms with Gasteiger partial charge in [0.25, 0.3) is 0 Å². The predicted molar refractivity (Wildman–Crippen MR) is 111 cm³/mol. The van der Waals surface area contributed by atoms with Gasteiger partial charge in [-0.2, -0.15) is 0 Å². The van der Waals surface area contributed by atoms with Crippen molar-refractivity contribution in [3.63, 3.8) is 0 Å². The Morgan fingerprint density at radius 2 is 1.60 bits per heavy atom. The van der Waals surface area contributed by atoms with Gasteiger partial charge in [0.05, 0.1) is 6.04 Å². The highest BCUT2D eigenvalue weighted by Gasteiger charge is 2.32. The lowest BCUT2D eigenvalue weighted by atomic mass is 10.0. The first-order valence-corrected chi connectivity index (χ1v) is 9.93. The first-order valence-electron chi connectivity index (χ1n) is 9.55. The summed E-state index contributed by atoms with van der Waals surface area (Å²) in [5.74, 6) is -2.76. The van der Waals surface area contributed by atoms with E-state index in [1.54, 1.807) is 31.2 Å². The van der Waals surface area contributed by atoms with Gasteiger partial charge in [-0.25, -0.2) is 8.78 Å². The average molecular weight is 437 g/mol. The fourth-order valence-electron chi connectivity index (χ4n) is 3.57. The molecule has 9 heteroatoms. The van der Waals surface area contributed by atoms with Crippen LogP contribution in [0, 0.1) is 11.6 Å². The van der Waals surface area contributed by atoms with Crippen LogP contribution in [-0.4, -0.2) is 53.8 Å². The molecule has 2 amide bonds. The first kappa shape index (κ1) is 22.1. The molecule has 0 bridgehead atoms. The van der Waals surface area contributed by atoms with Crippen LogP contribution in [0.3, 0.4) is 0 Å². The molecule has 2 aromatic carbocycles. The van der Waals surface area contributed by atoms with Crippen molar-refractivity contribution in [2.24, 2.45) is 5.73 Å². The minimum Gasteiger partial charge on any atom is -0.368 e. The molecule has 1 heterocycles. The number of anilines is 1. The third kappa shape index (κ3) is 5.13. The lowest BCUT2D eigenvalue weighted by Gasteiger charge is -2.40. The quantitative estimate of drug-likeness (QED) is 0.730. The number of carbonyl (C=O) groups is 2. The van der Waals surface area contributed by atoms with Crippen molar-refractivity contribution in [3.8, 4) is 0 Å². The van der Waals surface area contributed by atoms with E-state index in [1.807, 2.05) is 9.80 Å². The smallest absolute Gasteiger partial charge is 0.241 e. The van der Waals surface area contributed by atoms with Crippen molar-refractivity contribution in [3.05, 3.63) is 64.7 Å². The van der Waals surface area contributed by atoms with E-state index in [9.17, 15) is 18.4 Å². The molecule has 2 aromatic rings. The number of carbonyl (C=O) groups excluding carboxylic acids is 2. The monoisotopic (exact) mass is 436 g/mol. The number of piperazine rings is 1. The highest BCUT2D eigenvalue weighted by Crippen LogP contribution is 2.24. The highest BCUT2D eigenvalue weighted by molar-refractivity contribution is 6.30. The summed E-state index contributed by atoms with van der Waals surface area (Å²) < 4.78 is 26.4. The van der Waals surface area contributed by atoms with Crippen LogP contribution >= 0.6 is 11.6 Å². The van der Waals surface area contributed by atoms with Crippen molar-refractivity contribution in [2.45, 2.75) is 19.0 Å². The van der Waals surface area contributed by atoms with Crippen LogP contribution in [-0.2, 0) is 9.59 Å². The summed E-state index contributed by atoms with van der Waals surface area (Å²) >= 11 is 5.93. The van der Waals surface area contributed by atoms with E-state index < -0.39 is 29.6 Å². The van der Waals surface area contributed by atoms with Gasteiger partial charge in [0.1, 0.15) is 6.04 Å². The summed E-state index contributed by atoms with van der Waals surface area (Å²) in [6.45, 7) is 3.92. The largest absolute Gasteiger partial charge is 0.368 e. The molecule has 0 radical (unpaired) electrons. The van der Waals surface area contributed by atoms with E-state index in [0.29, 0.717) is 31.2 Å². The zero-order chi connectivity index (χ0) is 21.8. The Labute approximate surface area is 178 Å². The van der Waals surface area contributed by atoms with Gasteiger partial charge in [-0.05, 0) is 36.8 Å². The Balaban J connectivity index is 1.60. The molecule has 0 aromatic heterocycles. The summed E-state index contributed by atoms with van der Waals surface area (Å²) in [4.78, 5) is 28.5. The molecule has 2 atom stereocenters. The van der Waals surface area contributed by atoms with Crippen LogP contribution in [0.1, 0.15) is 18.5 Å². The van der Waals surface area contributed by atoms with Gasteiger partial charge in [0.15, 0.2) is 11.6 Å². The maximum Gasteiger partial charge on any atom is 0.241 e. The molecule has 0 aliphatic carbocycles. The van der Waals surface area contributed by atoms with Crippen molar-refractivity contribution >= 4 is 29.1 Å². The SMILES string of the molecule is C[C@@H](C(=O)Nc1ccc(F)c(F)c1)N1CCN([C@@H](C(N)=O)c2ccc(Cl)cc2)CC1. The maximum atomic E-state index is 13.3. The predicted octanol–water partition coefficient (Wildman–Crippen LogP) is 2.79. The molecule has 1 aliphatic heterocycles. The van der Waals surface area contributed by atoms with Gasteiger partial charge in [-0.1, -0.05) is 23.7 Å². The molecule has 0 spiro atoms. The van der Waals surface area contributed by atoms with Gasteiger partial charge in [-0.15, -0.1) is 0 Å². The topological polar surface area (TPSA) is 78.7 Å². The van der Waals surface area contributed by atoms with Crippen molar-refractivity contribution < 1.29 is 18.4 Å². The Kier molecular flexibility index (Phi) is 7.02. The van der Waals surface area contributed by atoms with E-state index in [-0.39, 0.29) is 11.6 Å². The number of halogens is 3. The summed E-state index contributed by atoms with van der Waals surface area (Å²) in [6, 6.07) is 9.16. The second kappa shape index (κ2) is 9.51. The number of nitrogens with zero attached hydrogens (tertiary/aromatic N) is 2. The van der Waals surface area contributed by atoms with E-state index in [1.165, 1.54) is 6.07 Å². The fourth-order valence-corrected chi connectivity index (χ4v) is 3.70. The third-order valence-corrected chi connectivity index (χ3v) is 5.54. The normalized spacial score (nSPS) is 17.3. The molecule has 3 N–H and O–H groups in total. The highest BCUT2D eigenvalue weighted by atomic mass is 35.5. The molecule has 160 valence electrons. The number of rotatable bonds is 6. The Morgan fingerprint density at radius 1 is 1.00 bits per heavy atom. The van der Waals surface area contributed by atoms with Crippen LogP contribution in [0.15, 0.2) is 42.5 Å². The minimum atomic E-state index is -1.02. The number of hydrogen-bond donors (Lipinski definition) is 2. The number of hydrogen-bond acceptors (Lipinski definition) is 4.